The second kappa shape index (κ2) is 11.0. The first kappa shape index (κ1) is 25.9. The molecular weight excluding hydrogens is 492 g/mol. The summed E-state index contributed by atoms with van der Waals surface area (Å²) in [6.45, 7) is 5.91. The standard InChI is InChI=1S/C37H34O3/c1-36(2,28-18-22-33(23-19-28)38-26-35-27-39-35)29-20-24-34(25-21-29)40-37(30-12-6-3-7-13-30,31-14-8-4-9-15-31)32-16-10-5-11-17-32/h3-25,35H,26-27H2,1-2H3. The largest absolute Gasteiger partial charge is 0.491 e. The van der Waals surface area contributed by atoms with Gasteiger partial charge in [-0.2, -0.15) is 0 Å². The van der Waals surface area contributed by atoms with Crippen LogP contribution in [0.4, 0.5) is 0 Å². The zero-order valence-electron chi connectivity index (χ0n) is 23.0. The summed E-state index contributed by atoms with van der Waals surface area (Å²) in [5.74, 6) is 1.68. The van der Waals surface area contributed by atoms with Crippen molar-refractivity contribution in [2.75, 3.05) is 13.2 Å². The second-order valence-electron chi connectivity index (χ2n) is 10.8. The van der Waals surface area contributed by atoms with E-state index in [2.05, 4.69) is 123 Å². The van der Waals surface area contributed by atoms with Gasteiger partial charge in [0.1, 0.15) is 24.2 Å². The van der Waals surface area contributed by atoms with E-state index in [0.29, 0.717) is 6.61 Å². The fourth-order valence-electron chi connectivity index (χ4n) is 5.30. The maximum Gasteiger partial charge on any atom is 0.184 e. The van der Waals surface area contributed by atoms with Gasteiger partial charge in [0.2, 0.25) is 0 Å². The topological polar surface area (TPSA) is 31.0 Å². The van der Waals surface area contributed by atoms with E-state index in [4.69, 9.17) is 14.2 Å². The highest BCUT2D eigenvalue weighted by atomic mass is 16.6. The molecule has 1 aliphatic rings. The van der Waals surface area contributed by atoms with Crippen molar-refractivity contribution >= 4 is 0 Å². The van der Waals surface area contributed by atoms with Crippen molar-refractivity contribution in [2.24, 2.45) is 0 Å². The molecule has 0 radical (unpaired) electrons. The molecule has 1 fully saturated rings. The summed E-state index contributed by atoms with van der Waals surface area (Å²) in [6.07, 6.45) is 0.251. The van der Waals surface area contributed by atoms with Crippen molar-refractivity contribution in [2.45, 2.75) is 31.0 Å². The molecule has 0 aliphatic carbocycles. The van der Waals surface area contributed by atoms with E-state index in [1.165, 1.54) is 11.1 Å². The van der Waals surface area contributed by atoms with E-state index in [0.717, 1.165) is 34.8 Å². The van der Waals surface area contributed by atoms with Crippen LogP contribution in [0.2, 0.25) is 0 Å². The molecule has 1 unspecified atom stereocenters. The first-order valence-corrected chi connectivity index (χ1v) is 13.9. The summed E-state index contributed by atoms with van der Waals surface area (Å²) in [5, 5.41) is 0. The summed E-state index contributed by atoms with van der Waals surface area (Å²) >= 11 is 0. The molecule has 3 nitrogen and oxygen atoms in total. The van der Waals surface area contributed by atoms with Crippen LogP contribution in [0.5, 0.6) is 11.5 Å². The molecule has 5 aromatic carbocycles. The number of benzene rings is 5. The molecule has 1 atom stereocenters. The highest BCUT2D eigenvalue weighted by Gasteiger charge is 2.39. The molecule has 6 rings (SSSR count). The van der Waals surface area contributed by atoms with Gasteiger partial charge in [0.25, 0.3) is 0 Å². The fraction of sp³-hybridized carbons (Fsp3) is 0.189. The molecule has 0 spiro atoms. The van der Waals surface area contributed by atoms with E-state index < -0.39 is 5.60 Å². The van der Waals surface area contributed by atoms with Gasteiger partial charge < -0.3 is 14.2 Å². The minimum absolute atomic E-state index is 0.188. The van der Waals surface area contributed by atoms with Gasteiger partial charge in [-0.15, -0.1) is 0 Å². The number of rotatable bonds is 10. The predicted octanol–water partition coefficient (Wildman–Crippen LogP) is 8.16. The van der Waals surface area contributed by atoms with Crippen LogP contribution in [0, 0.1) is 0 Å². The SMILES string of the molecule is CC(C)(c1ccc(OCC2CO2)cc1)c1ccc(OC(c2ccccc2)(c2ccccc2)c2ccccc2)cc1. The van der Waals surface area contributed by atoms with Crippen LogP contribution in [-0.2, 0) is 15.8 Å². The van der Waals surface area contributed by atoms with Crippen LogP contribution in [0.1, 0.15) is 41.7 Å². The van der Waals surface area contributed by atoms with Crippen molar-refractivity contribution in [3.63, 3.8) is 0 Å². The minimum Gasteiger partial charge on any atom is -0.491 e. The third-order valence-corrected chi connectivity index (χ3v) is 7.80. The third-order valence-electron chi connectivity index (χ3n) is 7.80. The summed E-state index contributed by atoms with van der Waals surface area (Å²) in [6, 6.07) is 48.3. The molecule has 1 aliphatic heterocycles. The molecule has 0 bridgehead atoms. The van der Waals surface area contributed by atoms with Crippen molar-refractivity contribution in [3.05, 3.63) is 167 Å². The second-order valence-corrected chi connectivity index (χ2v) is 10.8. The van der Waals surface area contributed by atoms with Gasteiger partial charge in [-0.25, -0.2) is 0 Å². The normalized spacial score (nSPS) is 14.9. The molecule has 200 valence electrons. The Balaban J connectivity index is 1.33. The molecule has 1 heterocycles. The van der Waals surface area contributed by atoms with Crippen LogP contribution in [0.25, 0.3) is 0 Å². The van der Waals surface area contributed by atoms with Gasteiger partial charge in [-0.3, -0.25) is 0 Å². The Morgan fingerprint density at radius 1 is 0.550 bits per heavy atom. The Kier molecular flexibility index (Phi) is 7.15. The van der Waals surface area contributed by atoms with Crippen LogP contribution in [0.15, 0.2) is 140 Å². The summed E-state index contributed by atoms with van der Waals surface area (Å²) < 4.78 is 18.2. The van der Waals surface area contributed by atoms with E-state index in [9.17, 15) is 0 Å². The summed E-state index contributed by atoms with van der Waals surface area (Å²) in [5.41, 5.74) is 4.67. The average Bonchev–Trinajstić information content (AvgIpc) is 3.85. The molecule has 5 aromatic rings. The van der Waals surface area contributed by atoms with Crippen molar-refractivity contribution in [1.82, 2.24) is 0 Å². The van der Waals surface area contributed by atoms with E-state index in [1.807, 2.05) is 30.3 Å². The van der Waals surface area contributed by atoms with Crippen LogP contribution < -0.4 is 9.47 Å². The molecule has 0 aromatic heterocycles. The van der Waals surface area contributed by atoms with Gasteiger partial charge in [0.05, 0.1) is 6.61 Å². The van der Waals surface area contributed by atoms with Gasteiger partial charge in [0.15, 0.2) is 5.60 Å². The van der Waals surface area contributed by atoms with Crippen molar-refractivity contribution < 1.29 is 14.2 Å². The van der Waals surface area contributed by atoms with Gasteiger partial charge in [-0.1, -0.05) is 129 Å². The number of ether oxygens (including phenoxy) is 3. The highest BCUT2D eigenvalue weighted by Crippen LogP contribution is 2.42. The summed E-state index contributed by atoms with van der Waals surface area (Å²) in [4.78, 5) is 0. The third kappa shape index (κ3) is 5.25. The lowest BCUT2D eigenvalue weighted by Crippen LogP contribution is -2.36. The molecule has 0 N–H and O–H groups in total. The van der Waals surface area contributed by atoms with E-state index in [1.54, 1.807) is 0 Å². The van der Waals surface area contributed by atoms with Crippen molar-refractivity contribution in [1.29, 1.82) is 0 Å². The van der Waals surface area contributed by atoms with Gasteiger partial charge in [0, 0.05) is 22.1 Å². The zero-order chi connectivity index (χ0) is 27.4. The Hall–Kier alpha value is -4.34. The van der Waals surface area contributed by atoms with E-state index >= 15 is 0 Å². The maximum absolute atomic E-state index is 7.07. The molecule has 40 heavy (non-hydrogen) atoms. The maximum atomic E-state index is 7.07. The van der Waals surface area contributed by atoms with Crippen molar-refractivity contribution in [3.8, 4) is 11.5 Å². The van der Waals surface area contributed by atoms with Crippen LogP contribution in [0.3, 0.4) is 0 Å². The van der Waals surface area contributed by atoms with Gasteiger partial charge in [-0.05, 0) is 35.4 Å². The molecular formula is C37H34O3. The smallest absolute Gasteiger partial charge is 0.184 e. The highest BCUT2D eigenvalue weighted by molar-refractivity contribution is 5.50. The lowest BCUT2D eigenvalue weighted by atomic mass is 9.78. The average molecular weight is 527 g/mol. The molecule has 0 saturated carbocycles. The number of epoxide rings is 1. The number of hydrogen-bond donors (Lipinski definition) is 0. The summed E-state index contributed by atoms with van der Waals surface area (Å²) in [7, 11) is 0. The van der Waals surface area contributed by atoms with E-state index in [-0.39, 0.29) is 11.5 Å². The molecule has 1 saturated heterocycles. The lowest BCUT2D eigenvalue weighted by Gasteiger charge is -2.36. The zero-order valence-corrected chi connectivity index (χ0v) is 23.0. The first-order chi connectivity index (χ1) is 19.6. The Bertz CT molecular complexity index is 1410. The molecule has 3 heteroatoms. The Morgan fingerprint density at radius 3 is 1.35 bits per heavy atom. The van der Waals surface area contributed by atoms with Crippen LogP contribution in [-0.4, -0.2) is 19.3 Å². The Labute approximate surface area is 237 Å². The molecule has 0 amide bonds. The first-order valence-electron chi connectivity index (χ1n) is 13.9. The monoisotopic (exact) mass is 526 g/mol. The minimum atomic E-state index is -0.803. The van der Waals surface area contributed by atoms with Gasteiger partial charge >= 0.3 is 0 Å². The predicted molar refractivity (Wildman–Crippen MR) is 160 cm³/mol. The quantitative estimate of drug-likeness (QED) is 0.136. The fourth-order valence-corrected chi connectivity index (χ4v) is 5.30. The van der Waals surface area contributed by atoms with Crippen LogP contribution >= 0.6 is 0 Å². The lowest BCUT2D eigenvalue weighted by molar-refractivity contribution is 0.155. The number of hydrogen-bond acceptors (Lipinski definition) is 3. The Morgan fingerprint density at radius 2 is 0.950 bits per heavy atom.